The van der Waals surface area contributed by atoms with Crippen molar-refractivity contribution in [3.8, 4) is 0 Å². The molecule has 0 radical (unpaired) electrons. The zero-order valence-corrected chi connectivity index (χ0v) is 17.2. The summed E-state index contributed by atoms with van der Waals surface area (Å²) in [6, 6.07) is 18.0. The fourth-order valence-corrected chi connectivity index (χ4v) is 5.31. The van der Waals surface area contributed by atoms with E-state index in [1.165, 1.54) is 47.3 Å². The zero-order chi connectivity index (χ0) is 19.3. The molecule has 1 unspecified atom stereocenters. The van der Waals surface area contributed by atoms with Gasteiger partial charge in [0.25, 0.3) is 0 Å². The first-order valence-corrected chi connectivity index (χ1v) is 10.5. The second-order valence-electron chi connectivity index (χ2n) is 9.15. The largest absolute Gasteiger partial charge is 0.367 e. The van der Waals surface area contributed by atoms with Crippen molar-refractivity contribution in [1.29, 1.82) is 0 Å². The molecule has 2 heterocycles. The number of aryl methyl sites for hydroxylation is 2. The SMILES string of the molecule is C=C1CN(c2ccc(C)cc2)CC12CCC1=C(CN(c3ccc(C)cc3)C1)C2. The van der Waals surface area contributed by atoms with Crippen molar-refractivity contribution >= 4 is 11.4 Å². The summed E-state index contributed by atoms with van der Waals surface area (Å²) in [4.78, 5) is 5.10. The topological polar surface area (TPSA) is 6.48 Å². The predicted molar refractivity (Wildman–Crippen MR) is 119 cm³/mol. The molecule has 0 amide bonds. The maximum absolute atomic E-state index is 4.55. The number of rotatable bonds is 2. The lowest BCUT2D eigenvalue weighted by molar-refractivity contribution is 0.346. The van der Waals surface area contributed by atoms with Crippen LogP contribution in [0.25, 0.3) is 0 Å². The Labute approximate surface area is 169 Å². The summed E-state index contributed by atoms with van der Waals surface area (Å²) in [5.74, 6) is 0. The Morgan fingerprint density at radius 2 is 1.32 bits per heavy atom. The van der Waals surface area contributed by atoms with E-state index in [0.29, 0.717) is 0 Å². The normalized spacial score (nSPS) is 24.4. The van der Waals surface area contributed by atoms with Crippen LogP contribution in [0.2, 0.25) is 0 Å². The first-order chi connectivity index (χ1) is 13.5. The summed E-state index contributed by atoms with van der Waals surface area (Å²) in [5, 5.41) is 0. The van der Waals surface area contributed by atoms with E-state index in [1.54, 1.807) is 11.1 Å². The molecule has 0 N–H and O–H groups in total. The Balaban J connectivity index is 1.33. The third-order valence-electron chi connectivity index (χ3n) is 7.14. The molecule has 1 saturated heterocycles. The van der Waals surface area contributed by atoms with Crippen molar-refractivity contribution in [1.82, 2.24) is 0 Å². The molecule has 3 aliphatic rings. The monoisotopic (exact) mass is 370 g/mol. The van der Waals surface area contributed by atoms with Crippen molar-refractivity contribution in [2.45, 2.75) is 33.1 Å². The number of benzene rings is 2. The van der Waals surface area contributed by atoms with Crippen LogP contribution in [0.3, 0.4) is 0 Å². The molecule has 144 valence electrons. The second-order valence-corrected chi connectivity index (χ2v) is 9.15. The smallest absolute Gasteiger partial charge is 0.0396 e. The first-order valence-electron chi connectivity index (χ1n) is 10.5. The molecule has 1 aliphatic carbocycles. The Bertz CT molecular complexity index is 935. The van der Waals surface area contributed by atoms with E-state index in [-0.39, 0.29) is 5.41 Å². The third kappa shape index (κ3) is 2.96. The maximum atomic E-state index is 4.55. The number of nitrogens with zero attached hydrogens (tertiary/aromatic N) is 2. The highest BCUT2D eigenvalue weighted by Gasteiger charge is 2.45. The fourth-order valence-electron chi connectivity index (χ4n) is 5.31. The summed E-state index contributed by atoms with van der Waals surface area (Å²) in [6.07, 6.45) is 3.69. The van der Waals surface area contributed by atoms with E-state index < -0.39 is 0 Å². The van der Waals surface area contributed by atoms with E-state index in [4.69, 9.17) is 0 Å². The quantitative estimate of drug-likeness (QED) is 0.629. The summed E-state index contributed by atoms with van der Waals surface area (Å²) in [7, 11) is 0. The predicted octanol–water partition coefficient (Wildman–Crippen LogP) is 5.67. The number of hydrogen-bond donors (Lipinski definition) is 0. The van der Waals surface area contributed by atoms with E-state index in [0.717, 1.165) is 26.2 Å². The molecule has 2 nitrogen and oxygen atoms in total. The van der Waals surface area contributed by atoms with Gasteiger partial charge in [0, 0.05) is 43.0 Å². The molecule has 5 rings (SSSR count). The second kappa shape index (κ2) is 6.55. The van der Waals surface area contributed by atoms with Crippen LogP contribution in [0.4, 0.5) is 11.4 Å². The van der Waals surface area contributed by atoms with Crippen LogP contribution in [0.1, 0.15) is 30.4 Å². The molecular formula is C26H30N2. The van der Waals surface area contributed by atoms with Crippen LogP contribution < -0.4 is 9.80 Å². The molecule has 0 aromatic heterocycles. The summed E-state index contributed by atoms with van der Waals surface area (Å²) in [5.41, 5.74) is 10.4. The molecule has 1 atom stereocenters. The molecule has 0 bridgehead atoms. The van der Waals surface area contributed by atoms with E-state index in [2.05, 4.69) is 78.8 Å². The lowest BCUT2D eigenvalue weighted by atomic mass is 9.69. The van der Waals surface area contributed by atoms with Crippen LogP contribution in [0.5, 0.6) is 0 Å². The lowest BCUT2D eigenvalue weighted by Crippen LogP contribution is -2.31. The van der Waals surface area contributed by atoms with Crippen molar-refractivity contribution in [2.75, 3.05) is 36.0 Å². The van der Waals surface area contributed by atoms with Crippen LogP contribution >= 0.6 is 0 Å². The van der Waals surface area contributed by atoms with Gasteiger partial charge < -0.3 is 9.80 Å². The summed E-state index contributed by atoms with van der Waals surface area (Å²) >= 11 is 0. The lowest BCUT2D eigenvalue weighted by Gasteiger charge is -2.35. The van der Waals surface area contributed by atoms with Gasteiger partial charge in [-0.25, -0.2) is 0 Å². The van der Waals surface area contributed by atoms with Gasteiger partial charge in [0.2, 0.25) is 0 Å². The standard InChI is InChI=1S/C26H30N2/c1-19-4-8-24(9-5-19)27-16-22-12-13-26(14-23(22)17-27)18-28(15-21(26)3)25-10-6-20(2)7-11-25/h4-11H,3,12-18H2,1-2H3. The zero-order valence-electron chi connectivity index (χ0n) is 17.2. The minimum atomic E-state index is 0.271. The van der Waals surface area contributed by atoms with Gasteiger partial charge in [-0.05, 0) is 74.1 Å². The van der Waals surface area contributed by atoms with Gasteiger partial charge in [0.1, 0.15) is 0 Å². The minimum absolute atomic E-state index is 0.271. The Hall–Kier alpha value is -2.48. The average molecular weight is 371 g/mol. The van der Waals surface area contributed by atoms with Crippen LogP contribution in [-0.2, 0) is 0 Å². The third-order valence-corrected chi connectivity index (χ3v) is 7.14. The molecule has 2 heteroatoms. The van der Waals surface area contributed by atoms with Crippen LogP contribution in [-0.4, -0.2) is 26.2 Å². The maximum Gasteiger partial charge on any atom is 0.0396 e. The van der Waals surface area contributed by atoms with Crippen molar-refractivity contribution < 1.29 is 0 Å². The molecular weight excluding hydrogens is 340 g/mol. The van der Waals surface area contributed by atoms with Gasteiger partial charge in [-0.15, -0.1) is 0 Å². The number of hydrogen-bond acceptors (Lipinski definition) is 2. The van der Waals surface area contributed by atoms with E-state index in [1.807, 2.05) is 0 Å². The van der Waals surface area contributed by atoms with Gasteiger partial charge in [-0.2, -0.15) is 0 Å². The van der Waals surface area contributed by atoms with E-state index >= 15 is 0 Å². The summed E-state index contributed by atoms with van der Waals surface area (Å²) in [6.45, 7) is 13.2. The molecule has 2 aromatic carbocycles. The van der Waals surface area contributed by atoms with Crippen LogP contribution in [0, 0.1) is 19.3 Å². The summed E-state index contributed by atoms with van der Waals surface area (Å²) < 4.78 is 0. The number of anilines is 2. The Morgan fingerprint density at radius 3 is 1.96 bits per heavy atom. The van der Waals surface area contributed by atoms with Gasteiger partial charge in [-0.3, -0.25) is 0 Å². The molecule has 1 spiro atoms. The molecule has 28 heavy (non-hydrogen) atoms. The van der Waals surface area contributed by atoms with Crippen molar-refractivity contribution in [3.05, 3.63) is 83.0 Å². The van der Waals surface area contributed by atoms with Crippen molar-refractivity contribution in [3.63, 3.8) is 0 Å². The first kappa shape index (κ1) is 17.6. The highest BCUT2D eigenvalue weighted by Crippen LogP contribution is 2.51. The minimum Gasteiger partial charge on any atom is -0.367 e. The van der Waals surface area contributed by atoms with Gasteiger partial charge >= 0.3 is 0 Å². The molecule has 2 aliphatic heterocycles. The molecule has 1 fully saturated rings. The average Bonchev–Trinajstić information content (AvgIpc) is 3.24. The highest BCUT2D eigenvalue weighted by atomic mass is 15.2. The van der Waals surface area contributed by atoms with Crippen LogP contribution in [0.15, 0.2) is 71.8 Å². The van der Waals surface area contributed by atoms with Crippen molar-refractivity contribution in [2.24, 2.45) is 5.41 Å². The Kier molecular flexibility index (Phi) is 4.12. The van der Waals surface area contributed by atoms with Gasteiger partial charge in [-0.1, -0.05) is 42.0 Å². The van der Waals surface area contributed by atoms with Gasteiger partial charge in [0.15, 0.2) is 0 Å². The fraction of sp³-hybridized carbons (Fsp3) is 0.385. The van der Waals surface area contributed by atoms with Gasteiger partial charge in [0.05, 0.1) is 0 Å². The van der Waals surface area contributed by atoms with E-state index in [9.17, 15) is 0 Å². The highest BCUT2D eigenvalue weighted by molar-refractivity contribution is 5.56. The molecule has 0 saturated carbocycles. The Morgan fingerprint density at radius 1 is 0.750 bits per heavy atom. The molecule has 2 aromatic rings.